The number of carboxylic acid groups (broad SMARTS) is 4. The molecule has 0 unspecified atom stereocenters. The van der Waals surface area contributed by atoms with Crippen LogP contribution in [0.2, 0.25) is 0 Å². The Kier molecular flexibility index (Phi) is 21.0. The smallest absolute Gasteiger partial charge is 0.545 e. The van der Waals surface area contributed by atoms with E-state index in [4.69, 9.17) is 10.2 Å². The Morgan fingerprint density at radius 3 is 0.860 bits per heavy atom. The fraction of sp³-hybridized carbons (Fsp3) is 0.0526. The molecule has 4 heterocycles. The van der Waals surface area contributed by atoms with E-state index >= 15 is 0 Å². The van der Waals surface area contributed by atoms with E-state index in [9.17, 15) is 49.8 Å². The second-order valence-corrected chi connectivity index (χ2v) is 10.6. The van der Waals surface area contributed by atoms with Crippen molar-refractivity contribution in [3.63, 3.8) is 0 Å². The zero-order valence-electron chi connectivity index (χ0n) is 29.1. The SMILES string of the molecule is O.O.O=C([O-])c1cccc(C(=O)O)c1.O=C([O-])c1cccc(C(=O)O)c1.OC(O)(c1ccccn1)c1ccccn1.OC(O)(c1ccccn1)c1ccccn1.[Cu+2]. The molecule has 0 aliphatic carbocycles. The van der Waals surface area contributed by atoms with Crippen molar-refractivity contribution < 1.29 is 88.1 Å². The number of carboxylic acids is 4. The normalized spacial score (nSPS) is 9.89. The molecule has 0 aliphatic heterocycles. The van der Waals surface area contributed by atoms with Gasteiger partial charge < -0.3 is 61.4 Å². The number of hydrogen-bond acceptors (Lipinski definition) is 14. The van der Waals surface area contributed by atoms with E-state index in [0.717, 1.165) is 12.1 Å². The third-order valence-corrected chi connectivity index (χ3v) is 6.78. The van der Waals surface area contributed by atoms with E-state index in [-0.39, 0.29) is 73.1 Å². The molecule has 0 bridgehead atoms. The van der Waals surface area contributed by atoms with E-state index in [1.165, 1.54) is 85.5 Å². The van der Waals surface area contributed by atoms with Crippen molar-refractivity contribution in [1.29, 1.82) is 0 Å². The number of nitrogens with zero attached hydrogens (tertiary/aromatic N) is 4. The van der Waals surface area contributed by atoms with E-state index < -0.39 is 35.5 Å². The summed E-state index contributed by atoms with van der Waals surface area (Å²) in [6.45, 7) is 0. The summed E-state index contributed by atoms with van der Waals surface area (Å²) in [5.74, 6) is -9.34. The molecule has 2 aromatic carbocycles. The molecule has 18 nitrogen and oxygen atoms in total. The van der Waals surface area contributed by atoms with Crippen LogP contribution in [0.3, 0.4) is 0 Å². The van der Waals surface area contributed by atoms with Gasteiger partial charge in [-0.25, -0.2) is 9.59 Å². The summed E-state index contributed by atoms with van der Waals surface area (Å²) < 4.78 is 0. The van der Waals surface area contributed by atoms with Gasteiger partial charge in [0, 0.05) is 24.8 Å². The summed E-state index contributed by atoms with van der Waals surface area (Å²) in [5, 5.41) is 77.0. The number of carbonyl (C=O) groups excluding carboxylic acids is 2. The number of aromatic nitrogens is 4. The number of carbonyl (C=O) groups is 4. The molecular formula is C38H34CuN4O14. The first-order valence-electron chi connectivity index (χ1n) is 15.3. The van der Waals surface area contributed by atoms with E-state index in [1.54, 1.807) is 48.5 Å². The van der Waals surface area contributed by atoms with Gasteiger partial charge in [-0.05, 0) is 83.9 Å². The van der Waals surface area contributed by atoms with Gasteiger partial charge in [-0.3, -0.25) is 19.9 Å². The minimum Gasteiger partial charge on any atom is -0.545 e. The van der Waals surface area contributed by atoms with E-state index in [2.05, 4.69) is 19.9 Å². The second kappa shape index (κ2) is 23.9. The fourth-order valence-corrected chi connectivity index (χ4v) is 4.10. The Balaban J connectivity index is 0.000000725. The van der Waals surface area contributed by atoms with Crippen LogP contribution in [0, 0.1) is 0 Å². The first-order chi connectivity index (χ1) is 25.6. The van der Waals surface area contributed by atoms with Crippen LogP contribution in [0.25, 0.3) is 0 Å². The van der Waals surface area contributed by atoms with Crippen LogP contribution in [-0.2, 0) is 28.6 Å². The molecule has 0 fully saturated rings. The molecule has 1 radical (unpaired) electrons. The second-order valence-electron chi connectivity index (χ2n) is 10.6. The maximum absolute atomic E-state index is 10.4. The largest absolute Gasteiger partial charge is 2.00 e. The zero-order chi connectivity index (χ0) is 39.7. The topological polar surface area (TPSA) is 350 Å². The van der Waals surface area contributed by atoms with Crippen LogP contribution in [0.1, 0.15) is 64.2 Å². The molecule has 0 aliphatic rings. The molecule has 6 rings (SSSR count). The molecule has 6 aromatic rings. The Morgan fingerprint density at radius 2 is 0.667 bits per heavy atom. The van der Waals surface area contributed by atoms with E-state index in [1.807, 2.05) is 0 Å². The van der Waals surface area contributed by atoms with Crippen LogP contribution >= 0.6 is 0 Å². The van der Waals surface area contributed by atoms with Gasteiger partial charge in [-0.15, -0.1) is 0 Å². The molecule has 0 amide bonds. The maximum atomic E-state index is 10.4. The molecule has 0 spiro atoms. The molecule has 301 valence electrons. The summed E-state index contributed by atoms with van der Waals surface area (Å²) in [5.41, 5.74) is 0.248. The van der Waals surface area contributed by atoms with Crippen molar-refractivity contribution >= 4 is 23.9 Å². The fourth-order valence-electron chi connectivity index (χ4n) is 4.10. The molecule has 0 saturated carbocycles. The van der Waals surface area contributed by atoms with Crippen LogP contribution in [0.4, 0.5) is 0 Å². The summed E-state index contributed by atoms with van der Waals surface area (Å²) in [7, 11) is 0. The molecule has 0 atom stereocenters. The van der Waals surface area contributed by atoms with Crippen molar-refractivity contribution in [2.24, 2.45) is 0 Å². The predicted molar refractivity (Wildman–Crippen MR) is 190 cm³/mol. The van der Waals surface area contributed by atoms with Crippen molar-refractivity contribution in [3.05, 3.63) is 191 Å². The Morgan fingerprint density at radius 1 is 0.421 bits per heavy atom. The van der Waals surface area contributed by atoms with Crippen LogP contribution < -0.4 is 10.2 Å². The molecular weight excluding hydrogens is 800 g/mol. The van der Waals surface area contributed by atoms with Crippen molar-refractivity contribution in [3.8, 4) is 0 Å². The third-order valence-electron chi connectivity index (χ3n) is 6.78. The Labute approximate surface area is 333 Å². The van der Waals surface area contributed by atoms with E-state index in [0.29, 0.717) is 0 Å². The molecule has 19 heteroatoms. The molecule has 57 heavy (non-hydrogen) atoms. The number of hydrogen-bond donors (Lipinski definition) is 6. The standard InChI is InChI=1S/2C11H10N2O2.2C8H6O4.Cu.2H2O/c2*14-11(15,9-5-1-3-7-12-9)10-6-2-4-8-13-10;2*9-7(10)5-2-1-3-6(4-5)8(11)12;;;/h2*1-8,14-15H;2*1-4H,(H,9,10)(H,11,12);;2*1H2/q;;;;+2;;/p-2. The van der Waals surface area contributed by atoms with Gasteiger partial charge in [0.15, 0.2) is 0 Å². The molecule has 10 N–H and O–H groups in total. The van der Waals surface area contributed by atoms with Gasteiger partial charge >= 0.3 is 29.0 Å². The first-order valence-corrected chi connectivity index (χ1v) is 15.3. The predicted octanol–water partition coefficient (Wildman–Crippen LogP) is -0.831. The van der Waals surface area contributed by atoms with Crippen LogP contribution in [-0.4, -0.2) is 85.4 Å². The van der Waals surface area contributed by atoms with Gasteiger partial charge in [0.2, 0.25) is 0 Å². The minimum atomic E-state index is -2.14. The van der Waals surface area contributed by atoms with Gasteiger partial charge in [0.05, 0.1) is 23.1 Å². The molecule has 0 saturated heterocycles. The average Bonchev–Trinajstić information content (AvgIpc) is 3.20. The number of pyridine rings is 4. The molecule has 4 aromatic heterocycles. The van der Waals surface area contributed by atoms with Gasteiger partial charge in [-0.2, -0.15) is 0 Å². The van der Waals surface area contributed by atoms with Crippen molar-refractivity contribution in [2.75, 3.05) is 0 Å². The number of benzene rings is 2. The Hall–Kier alpha value is -6.80. The maximum Gasteiger partial charge on any atom is 2.00 e. The first kappa shape index (κ1) is 50.2. The minimum absolute atomic E-state index is 0. The van der Waals surface area contributed by atoms with Crippen LogP contribution in [0.5, 0.6) is 0 Å². The quantitative estimate of drug-likeness (QED) is 0.0805. The average molecular weight is 834 g/mol. The monoisotopic (exact) mass is 833 g/mol. The number of aliphatic hydroxyl groups is 4. The third kappa shape index (κ3) is 15.1. The summed E-state index contributed by atoms with van der Waals surface area (Å²) in [6, 6.07) is 29.7. The van der Waals surface area contributed by atoms with Gasteiger partial charge in [0.25, 0.3) is 11.6 Å². The van der Waals surface area contributed by atoms with Crippen molar-refractivity contribution in [1.82, 2.24) is 19.9 Å². The van der Waals surface area contributed by atoms with Crippen LogP contribution in [0.15, 0.2) is 146 Å². The van der Waals surface area contributed by atoms with Crippen molar-refractivity contribution in [2.45, 2.75) is 11.6 Å². The zero-order valence-corrected chi connectivity index (χ0v) is 30.0. The number of aromatic carboxylic acids is 4. The van der Waals surface area contributed by atoms with Gasteiger partial charge in [0.1, 0.15) is 22.8 Å². The summed E-state index contributed by atoms with van der Waals surface area (Å²) in [6.07, 6.45) is 6.00. The Bertz CT molecular complexity index is 1850. The summed E-state index contributed by atoms with van der Waals surface area (Å²) >= 11 is 0. The van der Waals surface area contributed by atoms with Gasteiger partial charge in [-0.1, -0.05) is 48.5 Å². The number of rotatable bonds is 8. The summed E-state index contributed by atoms with van der Waals surface area (Å²) in [4.78, 5) is 56.8.